The Morgan fingerprint density at radius 2 is 0.868 bits per heavy atom. The van der Waals surface area contributed by atoms with Crippen molar-refractivity contribution in [3.05, 3.63) is 59.7 Å². The third-order valence-electron chi connectivity index (χ3n) is 8.81. The normalized spacial score (nSPS) is 12.9. The molecule has 0 saturated carbocycles. The summed E-state index contributed by atoms with van der Waals surface area (Å²) in [5.74, 6) is 1.43. The molecule has 0 aromatic heterocycles. The lowest BCUT2D eigenvalue weighted by Gasteiger charge is -2.26. The molecule has 0 aliphatic rings. The number of benzene rings is 2. The second-order valence-corrected chi connectivity index (χ2v) is 13.9. The molecule has 8 N–H and O–H groups in total. The molecule has 0 amide bonds. The highest BCUT2D eigenvalue weighted by Gasteiger charge is 2.23. The fourth-order valence-electron chi connectivity index (χ4n) is 5.44. The average molecular weight is 749 g/mol. The Hall–Kier alpha value is -2.36. The van der Waals surface area contributed by atoms with Crippen molar-refractivity contribution in [1.82, 2.24) is 10.6 Å². The van der Waals surface area contributed by atoms with Gasteiger partial charge in [0, 0.05) is 44.9 Å². The molecule has 2 aromatic carbocycles. The number of hydrogen-bond donors (Lipinski definition) is 6. The first-order valence-electron chi connectivity index (χ1n) is 19.8. The summed E-state index contributed by atoms with van der Waals surface area (Å²) in [6, 6.07) is 16.0. The second-order valence-electron chi connectivity index (χ2n) is 13.9. The Morgan fingerprint density at radius 3 is 1.23 bits per heavy atom. The number of aliphatic hydroxyl groups is 2. The summed E-state index contributed by atoms with van der Waals surface area (Å²) >= 11 is 0. The van der Waals surface area contributed by atoms with Gasteiger partial charge in [-0.25, -0.2) is 0 Å². The third-order valence-corrected chi connectivity index (χ3v) is 8.81. The van der Waals surface area contributed by atoms with E-state index in [9.17, 15) is 10.2 Å². The lowest BCUT2D eigenvalue weighted by atomic mass is 9.78. The average Bonchev–Trinajstić information content (AvgIpc) is 3.17. The molecule has 0 heterocycles. The number of nitrogens with one attached hydrogen (secondary N) is 2. The minimum absolute atomic E-state index is 0.212. The zero-order chi connectivity index (χ0) is 38.2. The van der Waals surface area contributed by atoms with Crippen LogP contribution in [-0.4, -0.2) is 128 Å². The van der Waals surface area contributed by atoms with Gasteiger partial charge in [-0.05, 0) is 113 Å². The van der Waals surface area contributed by atoms with Crippen LogP contribution in [0.25, 0.3) is 0 Å². The SMILES string of the molecule is CC(C)(c1ccc(OCC(O)CNCCCOCCOCCCCCN)cc1)c1ccc(OCC(O)CNCCCOCCOCCCCCN)cc1. The van der Waals surface area contributed by atoms with Crippen molar-refractivity contribution < 1.29 is 38.6 Å². The van der Waals surface area contributed by atoms with E-state index in [1.165, 1.54) is 0 Å². The van der Waals surface area contributed by atoms with Crippen molar-refractivity contribution in [2.75, 3.05) is 105 Å². The van der Waals surface area contributed by atoms with Crippen LogP contribution >= 0.6 is 0 Å². The maximum atomic E-state index is 10.3. The van der Waals surface area contributed by atoms with Crippen LogP contribution in [0.2, 0.25) is 0 Å². The van der Waals surface area contributed by atoms with Crippen molar-refractivity contribution in [2.45, 2.75) is 82.8 Å². The number of aliphatic hydroxyl groups excluding tert-OH is 2. The largest absolute Gasteiger partial charge is 0.491 e. The summed E-state index contributed by atoms with van der Waals surface area (Å²) in [5, 5.41) is 27.2. The third kappa shape index (κ3) is 23.2. The van der Waals surface area contributed by atoms with Crippen molar-refractivity contribution in [3.8, 4) is 11.5 Å². The van der Waals surface area contributed by atoms with Crippen LogP contribution in [0, 0.1) is 0 Å². The lowest BCUT2D eigenvalue weighted by Crippen LogP contribution is -2.32. The molecule has 2 atom stereocenters. The van der Waals surface area contributed by atoms with Gasteiger partial charge in [-0.2, -0.15) is 0 Å². The van der Waals surface area contributed by atoms with E-state index in [1.807, 2.05) is 24.3 Å². The molecule has 0 aliphatic carbocycles. The number of ether oxygens (including phenoxy) is 6. The molecule has 2 aromatic rings. The van der Waals surface area contributed by atoms with Crippen molar-refractivity contribution in [3.63, 3.8) is 0 Å². The van der Waals surface area contributed by atoms with Gasteiger partial charge in [0.15, 0.2) is 0 Å². The molecule has 0 saturated heterocycles. The molecule has 12 nitrogen and oxygen atoms in total. The van der Waals surface area contributed by atoms with Crippen LogP contribution in [0.1, 0.15) is 76.3 Å². The molecule has 2 unspecified atom stereocenters. The standard InChI is InChI=1S/C41H72N4O8/c1-41(2,35-11-15-39(16-12-35)52-33-37(46)31-44-21-9-25-50-29-27-48-23-7-3-5-19-42)36-13-17-40(18-14-36)53-34-38(47)32-45-22-10-26-51-30-28-49-24-8-4-6-20-43/h11-18,37-38,44-47H,3-10,19-34,42-43H2,1-2H3. The van der Waals surface area contributed by atoms with E-state index in [2.05, 4.69) is 48.7 Å². The smallest absolute Gasteiger partial charge is 0.119 e. The van der Waals surface area contributed by atoms with Gasteiger partial charge >= 0.3 is 0 Å². The number of nitrogens with two attached hydrogens (primary N) is 2. The van der Waals surface area contributed by atoms with E-state index < -0.39 is 12.2 Å². The first-order valence-corrected chi connectivity index (χ1v) is 19.8. The van der Waals surface area contributed by atoms with Crippen LogP contribution in [-0.2, 0) is 24.4 Å². The Morgan fingerprint density at radius 1 is 0.509 bits per heavy atom. The maximum Gasteiger partial charge on any atom is 0.119 e. The van der Waals surface area contributed by atoms with E-state index in [0.29, 0.717) is 52.7 Å². The highest BCUT2D eigenvalue weighted by atomic mass is 16.5. The first kappa shape index (κ1) is 46.8. The van der Waals surface area contributed by atoms with Crippen LogP contribution in [0.3, 0.4) is 0 Å². The van der Waals surface area contributed by atoms with Gasteiger partial charge in [-0.3, -0.25) is 0 Å². The van der Waals surface area contributed by atoms with Gasteiger partial charge in [-0.1, -0.05) is 38.1 Å². The minimum atomic E-state index is -0.610. The summed E-state index contributed by atoms with van der Waals surface area (Å²) in [4.78, 5) is 0. The quantitative estimate of drug-likeness (QED) is 0.0559. The zero-order valence-electron chi connectivity index (χ0n) is 32.7. The summed E-state index contributed by atoms with van der Waals surface area (Å²) < 4.78 is 34.0. The number of hydrogen-bond acceptors (Lipinski definition) is 12. The van der Waals surface area contributed by atoms with Gasteiger partial charge in [-0.15, -0.1) is 0 Å². The molecular formula is C41H72N4O8. The second kappa shape index (κ2) is 30.9. The van der Waals surface area contributed by atoms with E-state index in [1.54, 1.807) is 0 Å². The van der Waals surface area contributed by atoms with E-state index >= 15 is 0 Å². The molecule has 2 rings (SSSR count). The maximum absolute atomic E-state index is 10.3. The fourth-order valence-corrected chi connectivity index (χ4v) is 5.44. The predicted octanol–water partition coefficient (Wildman–Crippen LogP) is 3.78. The predicted molar refractivity (Wildman–Crippen MR) is 212 cm³/mol. The monoisotopic (exact) mass is 749 g/mol. The molecule has 304 valence electrons. The summed E-state index contributed by atoms with van der Waals surface area (Å²) in [5.41, 5.74) is 13.0. The molecule has 53 heavy (non-hydrogen) atoms. The Bertz CT molecular complexity index is 1020. The number of rotatable bonds is 36. The Kier molecular flexibility index (Phi) is 27.3. The van der Waals surface area contributed by atoms with Gasteiger partial charge in [0.1, 0.15) is 36.9 Å². The molecule has 0 fully saturated rings. The van der Waals surface area contributed by atoms with Crippen molar-refractivity contribution >= 4 is 0 Å². The van der Waals surface area contributed by atoms with Crippen molar-refractivity contribution in [1.29, 1.82) is 0 Å². The Labute approximate surface area is 319 Å². The lowest BCUT2D eigenvalue weighted by molar-refractivity contribution is 0.0451. The molecular weight excluding hydrogens is 676 g/mol. The Balaban J connectivity index is 1.54. The first-order chi connectivity index (χ1) is 25.9. The minimum Gasteiger partial charge on any atom is -0.491 e. The fraction of sp³-hybridized carbons (Fsp3) is 0.707. The van der Waals surface area contributed by atoms with Gasteiger partial charge in [0.25, 0.3) is 0 Å². The molecule has 0 bridgehead atoms. The van der Waals surface area contributed by atoms with Crippen LogP contribution in [0.4, 0.5) is 0 Å². The van der Waals surface area contributed by atoms with E-state index in [-0.39, 0.29) is 18.6 Å². The summed E-state index contributed by atoms with van der Waals surface area (Å²) in [6.45, 7) is 14.0. The van der Waals surface area contributed by atoms with Gasteiger partial charge < -0.3 is 60.7 Å². The summed E-state index contributed by atoms with van der Waals surface area (Å²) in [7, 11) is 0. The topological polar surface area (TPSA) is 172 Å². The van der Waals surface area contributed by atoms with E-state index in [0.717, 1.165) is 113 Å². The highest BCUT2D eigenvalue weighted by molar-refractivity contribution is 5.41. The molecule has 0 spiro atoms. The van der Waals surface area contributed by atoms with Crippen LogP contribution in [0.5, 0.6) is 11.5 Å². The van der Waals surface area contributed by atoms with Gasteiger partial charge in [0.05, 0.1) is 26.4 Å². The molecule has 0 radical (unpaired) electrons. The van der Waals surface area contributed by atoms with Crippen molar-refractivity contribution in [2.24, 2.45) is 11.5 Å². The van der Waals surface area contributed by atoms with Crippen LogP contribution < -0.4 is 31.6 Å². The highest BCUT2D eigenvalue weighted by Crippen LogP contribution is 2.33. The van der Waals surface area contributed by atoms with E-state index in [4.69, 9.17) is 39.9 Å². The molecule has 12 heteroatoms. The molecule has 0 aliphatic heterocycles. The van der Waals surface area contributed by atoms with Crippen LogP contribution in [0.15, 0.2) is 48.5 Å². The summed E-state index contributed by atoms with van der Waals surface area (Å²) in [6.07, 6.45) is 6.92. The number of unbranched alkanes of at least 4 members (excludes halogenated alkanes) is 4. The zero-order valence-corrected chi connectivity index (χ0v) is 32.7. The van der Waals surface area contributed by atoms with Gasteiger partial charge in [0.2, 0.25) is 0 Å².